The second-order valence-electron chi connectivity index (χ2n) is 8.06. The molecule has 1 aliphatic carbocycles. The summed E-state index contributed by atoms with van der Waals surface area (Å²) < 4.78 is 5.37. The Morgan fingerprint density at radius 1 is 1.16 bits per heavy atom. The zero-order valence-electron chi connectivity index (χ0n) is 17.5. The van der Waals surface area contributed by atoms with E-state index in [1.807, 2.05) is 61.5 Å². The molecule has 1 saturated carbocycles. The maximum Gasteiger partial charge on any atom is 0.339 e. The van der Waals surface area contributed by atoms with E-state index >= 15 is 0 Å². The topological polar surface area (TPSA) is 92.1 Å². The number of amides is 1. The van der Waals surface area contributed by atoms with Gasteiger partial charge in [0.05, 0.1) is 22.8 Å². The zero-order valence-corrected chi connectivity index (χ0v) is 17.5. The van der Waals surface area contributed by atoms with Gasteiger partial charge in [0.2, 0.25) is 0 Å². The van der Waals surface area contributed by atoms with Gasteiger partial charge in [0.1, 0.15) is 5.54 Å². The molecule has 0 aliphatic heterocycles. The van der Waals surface area contributed by atoms with Gasteiger partial charge in [0.25, 0.3) is 5.91 Å². The molecule has 0 bridgehead atoms. The number of esters is 1. The number of nitrogens with one attached hydrogen (secondary N) is 1. The number of para-hydroxylation sites is 1. The minimum atomic E-state index is -0.927. The second kappa shape index (κ2) is 8.19. The molecular formula is C25H23N3O3. The fourth-order valence-electron chi connectivity index (χ4n) is 3.86. The summed E-state index contributed by atoms with van der Waals surface area (Å²) in [4.78, 5) is 30.2. The first-order chi connectivity index (χ1) is 14.9. The van der Waals surface area contributed by atoms with Crippen LogP contribution in [-0.2, 0) is 9.53 Å². The SMILES string of the molecule is Cc1c(-c2ccccc2)nc2ccccc2c1C(=O)OCC(=O)NC(C)(C#N)C1CC1. The number of hydrogen-bond donors (Lipinski definition) is 1. The molecule has 0 spiro atoms. The van der Waals surface area contributed by atoms with Crippen molar-refractivity contribution < 1.29 is 14.3 Å². The minimum Gasteiger partial charge on any atom is -0.452 e. The molecule has 31 heavy (non-hydrogen) atoms. The summed E-state index contributed by atoms with van der Waals surface area (Å²) in [6.07, 6.45) is 1.82. The fraction of sp³-hybridized carbons (Fsp3) is 0.280. The fourth-order valence-corrected chi connectivity index (χ4v) is 3.86. The van der Waals surface area contributed by atoms with Gasteiger partial charge in [0, 0.05) is 10.9 Å². The Morgan fingerprint density at radius 2 is 1.84 bits per heavy atom. The maximum absolute atomic E-state index is 13.1. The first kappa shape index (κ1) is 20.5. The van der Waals surface area contributed by atoms with E-state index in [4.69, 9.17) is 9.72 Å². The van der Waals surface area contributed by atoms with Crippen LogP contribution >= 0.6 is 0 Å². The van der Waals surface area contributed by atoms with Crippen LogP contribution in [0.25, 0.3) is 22.2 Å². The minimum absolute atomic E-state index is 0.150. The van der Waals surface area contributed by atoms with Crippen LogP contribution in [0.5, 0.6) is 0 Å². The lowest BCUT2D eigenvalue weighted by atomic mass is 9.97. The molecular weight excluding hydrogens is 390 g/mol. The number of fused-ring (bicyclic) bond motifs is 1. The lowest BCUT2D eigenvalue weighted by Gasteiger charge is -2.22. The van der Waals surface area contributed by atoms with Gasteiger partial charge >= 0.3 is 5.97 Å². The normalized spacial score (nSPS) is 15.0. The highest BCUT2D eigenvalue weighted by atomic mass is 16.5. The number of hydrogen-bond acceptors (Lipinski definition) is 5. The molecule has 1 fully saturated rings. The molecule has 1 atom stereocenters. The molecule has 0 radical (unpaired) electrons. The van der Waals surface area contributed by atoms with Crippen molar-refractivity contribution >= 4 is 22.8 Å². The first-order valence-electron chi connectivity index (χ1n) is 10.3. The molecule has 1 aromatic heterocycles. The predicted octanol–water partition coefficient (Wildman–Crippen LogP) is 4.18. The highest BCUT2D eigenvalue weighted by Gasteiger charge is 2.43. The quantitative estimate of drug-likeness (QED) is 0.612. The summed E-state index contributed by atoms with van der Waals surface area (Å²) in [5, 5.41) is 12.8. The number of nitriles is 1. The standard InChI is InChI=1S/C25H23N3O3/c1-16-22(24(30)31-14-21(29)28-25(2,15-26)18-12-13-18)19-10-6-7-11-20(19)27-23(16)17-8-4-3-5-9-17/h3-11,18H,12-14H2,1-2H3,(H,28,29). The number of nitrogens with zero attached hydrogens (tertiary/aromatic N) is 2. The van der Waals surface area contributed by atoms with Crippen molar-refractivity contribution in [2.24, 2.45) is 5.92 Å². The lowest BCUT2D eigenvalue weighted by molar-refractivity contribution is -0.125. The third-order valence-electron chi connectivity index (χ3n) is 5.75. The van der Waals surface area contributed by atoms with Gasteiger partial charge in [-0.05, 0) is 44.2 Å². The van der Waals surface area contributed by atoms with E-state index in [0.29, 0.717) is 27.7 Å². The smallest absolute Gasteiger partial charge is 0.339 e. The number of pyridine rings is 1. The van der Waals surface area contributed by atoms with Gasteiger partial charge < -0.3 is 10.1 Å². The van der Waals surface area contributed by atoms with E-state index in [1.165, 1.54) is 0 Å². The summed E-state index contributed by atoms with van der Waals surface area (Å²) in [6, 6.07) is 19.2. The van der Waals surface area contributed by atoms with Crippen LogP contribution in [-0.4, -0.2) is 29.0 Å². The molecule has 6 heteroatoms. The molecule has 2 aromatic carbocycles. The average Bonchev–Trinajstić information content (AvgIpc) is 3.64. The van der Waals surface area contributed by atoms with Crippen LogP contribution < -0.4 is 5.32 Å². The van der Waals surface area contributed by atoms with Gasteiger partial charge in [-0.25, -0.2) is 9.78 Å². The van der Waals surface area contributed by atoms with Crippen LogP contribution in [0, 0.1) is 24.2 Å². The van der Waals surface area contributed by atoms with E-state index in [1.54, 1.807) is 6.92 Å². The molecule has 1 N–H and O–H groups in total. The van der Waals surface area contributed by atoms with Gasteiger partial charge in [-0.15, -0.1) is 0 Å². The van der Waals surface area contributed by atoms with E-state index in [2.05, 4.69) is 11.4 Å². The van der Waals surface area contributed by atoms with Gasteiger partial charge in [-0.3, -0.25) is 4.79 Å². The average molecular weight is 413 g/mol. The highest BCUT2D eigenvalue weighted by molar-refractivity contribution is 6.06. The summed E-state index contributed by atoms with van der Waals surface area (Å²) in [7, 11) is 0. The van der Waals surface area contributed by atoms with Crippen LogP contribution in [0.2, 0.25) is 0 Å². The largest absolute Gasteiger partial charge is 0.452 e. The number of ether oxygens (including phenoxy) is 1. The van der Waals surface area contributed by atoms with E-state index in [-0.39, 0.29) is 5.92 Å². The number of rotatable bonds is 6. The Hall–Kier alpha value is -3.72. The Morgan fingerprint density at radius 3 is 2.52 bits per heavy atom. The molecule has 1 aliphatic rings. The Labute approximate surface area is 180 Å². The lowest BCUT2D eigenvalue weighted by Crippen LogP contribution is -2.48. The number of carbonyl (C=O) groups excluding carboxylic acids is 2. The van der Waals surface area contributed by atoms with Crippen LogP contribution in [0.15, 0.2) is 54.6 Å². The van der Waals surface area contributed by atoms with E-state index in [9.17, 15) is 14.9 Å². The molecule has 3 aromatic rings. The van der Waals surface area contributed by atoms with Crippen LogP contribution in [0.3, 0.4) is 0 Å². The number of aromatic nitrogens is 1. The molecule has 156 valence electrons. The molecule has 1 unspecified atom stereocenters. The molecule has 4 rings (SSSR count). The third-order valence-corrected chi connectivity index (χ3v) is 5.75. The number of benzene rings is 2. The van der Waals surface area contributed by atoms with Crippen molar-refractivity contribution in [3.8, 4) is 17.3 Å². The van der Waals surface area contributed by atoms with Crippen molar-refractivity contribution in [3.63, 3.8) is 0 Å². The molecule has 1 heterocycles. The third kappa shape index (κ3) is 4.13. The summed E-state index contributed by atoms with van der Waals surface area (Å²) in [5.41, 5.74) is 2.42. The van der Waals surface area contributed by atoms with Crippen molar-refractivity contribution in [1.29, 1.82) is 5.26 Å². The Bertz CT molecular complexity index is 1200. The molecule has 1 amide bonds. The summed E-state index contributed by atoms with van der Waals surface area (Å²) >= 11 is 0. The van der Waals surface area contributed by atoms with Crippen molar-refractivity contribution in [2.45, 2.75) is 32.2 Å². The Kier molecular flexibility index (Phi) is 5.43. The maximum atomic E-state index is 13.1. The van der Waals surface area contributed by atoms with Gasteiger partial charge in [-0.1, -0.05) is 48.5 Å². The summed E-state index contributed by atoms with van der Waals surface area (Å²) in [5.74, 6) is -0.922. The number of carbonyl (C=O) groups is 2. The second-order valence-corrected chi connectivity index (χ2v) is 8.06. The van der Waals surface area contributed by atoms with E-state index in [0.717, 1.165) is 18.4 Å². The van der Waals surface area contributed by atoms with Gasteiger partial charge in [-0.2, -0.15) is 5.26 Å². The highest BCUT2D eigenvalue weighted by Crippen LogP contribution is 2.39. The van der Waals surface area contributed by atoms with Crippen molar-refractivity contribution in [2.75, 3.05) is 6.61 Å². The summed E-state index contributed by atoms with van der Waals surface area (Å²) in [6.45, 7) is 3.09. The predicted molar refractivity (Wildman–Crippen MR) is 117 cm³/mol. The first-order valence-corrected chi connectivity index (χ1v) is 10.3. The Balaban J connectivity index is 1.61. The molecule has 0 saturated heterocycles. The van der Waals surface area contributed by atoms with E-state index < -0.39 is 24.0 Å². The van der Waals surface area contributed by atoms with Gasteiger partial charge in [0.15, 0.2) is 6.61 Å². The van der Waals surface area contributed by atoms with Crippen molar-refractivity contribution in [3.05, 3.63) is 65.7 Å². The van der Waals surface area contributed by atoms with Crippen LogP contribution in [0.4, 0.5) is 0 Å². The van der Waals surface area contributed by atoms with Crippen molar-refractivity contribution in [1.82, 2.24) is 10.3 Å². The monoisotopic (exact) mass is 413 g/mol. The van der Waals surface area contributed by atoms with Crippen LogP contribution in [0.1, 0.15) is 35.7 Å². The molecule has 6 nitrogen and oxygen atoms in total. The zero-order chi connectivity index (χ0) is 22.0.